The van der Waals surface area contributed by atoms with Crippen LogP contribution in [0.3, 0.4) is 0 Å². The van der Waals surface area contributed by atoms with Crippen molar-refractivity contribution in [2.75, 3.05) is 25.5 Å². The molecule has 0 bridgehead atoms. The molecule has 0 aliphatic carbocycles. The summed E-state index contributed by atoms with van der Waals surface area (Å²) in [6, 6.07) is 6.49. The van der Waals surface area contributed by atoms with E-state index in [4.69, 9.17) is 0 Å². The number of sulfonamides is 1. The number of piperidine rings is 1. The summed E-state index contributed by atoms with van der Waals surface area (Å²) in [5, 5.41) is 4.76. The van der Waals surface area contributed by atoms with Gasteiger partial charge in [0.2, 0.25) is 10.0 Å². The third kappa shape index (κ3) is 5.25. The smallest absolute Gasteiger partial charge is 0.256 e. The molecule has 1 aliphatic heterocycles. The quantitative estimate of drug-likeness (QED) is 0.726. The molecule has 1 fully saturated rings. The topological polar surface area (TPSA) is 78.5 Å². The van der Waals surface area contributed by atoms with Crippen LogP contribution in [0.5, 0.6) is 0 Å². The number of hydrogen-bond acceptors (Lipinski definition) is 5. The van der Waals surface area contributed by atoms with Crippen LogP contribution in [0.15, 0.2) is 34.5 Å². The van der Waals surface area contributed by atoms with E-state index < -0.39 is 10.0 Å². The zero-order valence-electron chi connectivity index (χ0n) is 17.4. The van der Waals surface area contributed by atoms with Gasteiger partial charge < -0.3 is 10.2 Å². The van der Waals surface area contributed by atoms with Crippen LogP contribution in [0.2, 0.25) is 0 Å². The van der Waals surface area contributed by atoms with Crippen molar-refractivity contribution in [3.05, 3.63) is 45.6 Å². The molecule has 29 heavy (non-hydrogen) atoms. The van der Waals surface area contributed by atoms with Gasteiger partial charge in [-0.2, -0.15) is 0 Å². The largest absolute Gasteiger partial charge is 0.322 e. The number of nitrogens with zero attached hydrogens (tertiary/aromatic N) is 1. The van der Waals surface area contributed by atoms with E-state index in [0.29, 0.717) is 22.7 Å². The van der Waals surface area contributed by atoms with Gasteiger partial charge in [-0.1, -0.05) is 0 Å². The van der Waals surface area contributed by atoms with Crippen LogP contribution in [-0.4, -0.2) is 45.4 Å². The fourth-order valence-corrected chi connectivity index (χ4v) is 5.78. The molecule has 8 heteroatoms. The average molecular weight is 436 g/mol. The first-order valence-electron chi connectivity index (χ1n) is 9.84. The van der Waals surface area contributed by atoms with E-state index in [-0.39, 0.29) is 16.8 Å². The first-order chi connectivity index (χ1) is 13.7. The Morgan fingerprint density at radius 2 is 1.90 bits per heavy atom. The van der Waals surface area contributed by atoms with E-state index in [2.05, 4.69) is 22.0 Å². The molecule has 6 nitrogen and oxygen atoms in total. The number of likely N-dealkylation sites (tertiary alicyclic amines) is 1. The molecular formula is C21H29N3O3S2. The minimum absolute atomic E-state index is 0.116. The van der Waals surface area contributed by atoms with Crippen molar-refractivity contribution >= 4 is 33.0 Å². The second-order valence-corrected chi connectivity index (χ2v) is 10.7. The Labute approximate surface area is 177 Å². The van der Waals surface area contributed by atoms with Gasteiger partial charge in [0, 0.05) is 16.6 Å². The molecule has 1 aliphatic rings. The Morgan fingerprint density at radius 3 is 2.48 bits per heavy atom. The molecule has 1 atom stereocenters. The van der Waals surface area contributed by atoms with E-state index in [0.717, 1.165) is 30.8 Å². The number of nitrogens with one attached hydrogen (secondary N) is 2. The normalized spacial score (nSPS) is 17.2. The number of rotatable bonds is 6. The van der Waals surface area contributed by atoms with Crippen LogP contribution in [-0.2, 0) is 10.0 Å². The van der Waals surface area contributed by atoms with Gasteiger partial charge in [-0.05, 0) is 94.9 Å². The van der Waals surface area contributed by atoms with Gasteiger partial charge in [0.25, 0.3) is 5.91 Å². The fourth-order valence-electron chi connectivity index (χ4n) is 3.69. The Bertz CT molecular complexity index is 977. The molecule has 2 N–H and O–H groups in total. The first-order valence-corrected chi connectivity index (χ1v) is 12.2. The van der Waals surface area contributed by atoms with E-state index in [1.165, 1.54) is 11.3 Å². The van der Waals surface area contributed by atoms with Crippen LogP contribution in [0.25, 0.3) is 0 Å². The maximum absolute atomic E-state index is 12.9. The molecular weight excluding hydrogens is 406 g/mol. The Morgan fingerprint density at radius 1 is 1.21 bits per heavy atom. The minimum Gasteiger partial charge on any atom is -0.322 e. The highest BCUT2D eigenvalue weighted by molar-refractivity contribution is 7.89. The van der Waals surface area contributed by atoms with Gasteiger partial charge in [0.15, 0.2) is 0 Å². The van der Waals surface area contributed by atoms with Gasteiger partial charge in [-0.25, -0.2) is 13.1 Å². The van der Waals surface area contributed by atoms with Crippen LogP contribution in [0.4, 0.5) is 5.69 Å². The monoisotopic (exact) mass is 435 g/mol. The Hall–Kier alpha value is -1.74. The Balaban J connectivity index is 1.69. The Kier molecular flexibility index (Phi) is 6.78. The highest BCUT2D eigenvalue weighted by Gasteiger charge is 2.26. The summed E-state index contributed by atoms with van der Waals surface area (Å²) in [5.74, 6) is 0.158. The third-order valence-corrected chi connectivity index (χ3v) is 8.07. The van der Waals surface area contributed by atoms with Gasteiger partial charge in [-0.3, -0.25) is 4.79 Å². The lowest BCUT2D eigenvalue weighted by Gasteiger charge is -2.32. The van der Waals surface area contributed by atoms with Crippen LogP contribution in [0.1, 0.15) is 40.6 Å². The maximum Gasteiger partial charge on any atom is 0.256 e. The number of amides is 1. The molecule has 0 saturated carbocycles. The van der Waals surface area contributed by atoms with Crippen LogP contribution < -0.4 is 10.0 Å². The predicted molar refractivity (Wildman–Crippen MR) is 118 cm³/mol. The van der Waals surface area contributed by atoms with Crippen molar-refractivity contribution in [1.29, 1.82) is 0 Å². The van der Waals surface area contributed by atoms with E-state index in [1.807, 2.05) is 19.2 Å². The summed E-state index contributed by atoms with van der Waals surface area (Å²) in [4.78, 5) is 15.9. The highest BCUT2D eigenvalue weighted by atomic mass is 32.2. The number of carbonyl (C=O) groups is 1. The average Bonchev–Trinajstić information content (AvgIpc) is 3.09. The molecule has 1 aromatic heterocycles. The third-order valence-electron chi connectivity index (χ3n) is 5.67. The molecule has 0 spiro atoms. The highest BCUT2D eigenvalue weighted by Crippen LogP contribution is 2.24. The fraction of sp³-hybridized carbons (Fsp3) is 0.476. The van der Waals surface area contributed by atoms with Crippen LogP contribution in [0, 0.1) is 19.8 Å². The summed E-state index contributed by atoms with van der Waals surface area (Å²) in [6.45, 7) is 7.63. The SMILES string of the molecule is Cc1cc(S(=O)(=O)N[C@H](C)C2CCN(C)CC2)ccc1NC(=O)c1ccsc1C. The standard InChI is InChI=1S/C21H29N3O3S2/c1-14-13-18(5-6-20(14)22-21(25)19-9-12-28-16(19)3)29(26,27)23-15(2)17-7-10-24(4)11-8-17/h5-6,9,12-13,15,17,23H,7-8,10-11H2,1-4H3,(H,22,25)/t15-/m1/s1. The molecule has 158 valence electrons. The van der Waals surface area contributed by atoms with Gasteiger partial charge >= 0.3 is 0 Å². The van der Waals surface area contributed by atoms with Crippen molar-refractivity contribution in [3.8, 4) is 0 Å². The number of hydrogen-bond donors (Lipinski definition) is 2. The maximum atomic E-state index is 12.9. The lowest BCUT2D eigenvalue weighted by atomic mass is 9.91. The summed E-state index contributed by atoms with van der Waals surface area (Å²) in [5.41, 5.74) is 1.96. The van der Waals surface area contributed by atoms with Crippen molar-refractivity contribution in [3.63, 3.8) is 0 Å². The molecule has 2 aromatic rings. The molecule has 0 radical (unpaired) electrons. The number of thiophene rings is 1. The number of carbonyl (C=O) groups excluding carboxylic acids is 1. The number of aryl methyl sites for hydroxylation is 2. The lowest BCUT2D eigenvalue weighted by molar-refractivity contribution is 0.102. The molecule has 1 amide bonds. The van der Waals surface area contributed by atoms with Crippen molar-refractivity contribution < 1.29 is 13.2 Å². The molecule has 1 aromatic carbocycles. The first kappa shape index (κ1) is 22.0. The summed E-state index contributed by atoms with van der Waals surface area (Å²) >= 11 is 1.52. The molecule has 0 unspecified atom stereocenters. The number of anilines is 1. The molecule has 3 rings (SSSR count). The van der Waals surface area contributed by atoms with Crippen LogP contribution >= 0.6 is 11.3 Å². The zero-order chi connectivity index (χ0) is 21.2. The second kappa shape index (κ2) is 8.95. The van der Waals surface area contributed by atoms with Crippen molar-refractivity contribution in [2.24, 2.45) is 5.92 Å². The van der Waals surface area contributed by atoms with Crippen molar-refractivity contribution in [2.45, 2.75) is 44.6 Å². The lowest BCUT2D eigenvalue weighted by Crippen LogP contribution is -2.42. The summed E-state index contributed by atoms with van der Waals surface area (Å²) in [7, 11) is -1.52. The minimum atomic E-state index is -3.61. The zero-order valence-corrected chi connectivity index (χ0v) is 19.0. The van der Waals surface area contributed by atoms with E-state index in [9.17, 15) is 13.2 Å². The summed E-state index contributed by atoms with van der Waals surface area (Å²) < 4.78 is 28.6. The summed E-state index contributed by atoms with van der Waals surface area (Å²) in [6.07, 6.45) is 1.98. The number of benzene rings is 1. The van der Waals surface area contributed by atoms with E-state index >= 15 is 0 Å². The van der Waals surface area contributed by atoms with Gasteiger partial charge in [-0.15, -0.1) is 11.3 Å². The van der Waals surface area contributed by atoms with E-state index in [1.54, 1.807) is 31.2 Å². The van der Waals surface area contributed by atoms with Crippen molar-refractivity contribution in [1.82, 2.24) is 9.62 Å². The van der Waals surface area contributed by atoms with Gasteiger partial charge in [0.05, 0.1) is 10.5 Å². The van der Waals surface area contributed by atoms with Gasteiger partial charge in [0.1, 0.15) is 0 Å². The predicted octanol–water partition coefficient (Wildman–Crippen LogP) is 3.63. The second-order valence-electron chi connectivity index (χ2n) is 7.87. The molecule has 1 saturated heterocycles. The molecule has 2 heterocycles.